The van der Waals surface area contributed by atoms with Crippen molar-refractivity contribution in [2.45, 2.75) is 39.7 Å². The van der Waals surface area contributed by atoms with E-state index < -0.39 is 11.6 Å². The molecule has 1 aliphatic rings. The molecule has 1 rings (SSSR count). The number of hydrogen-bond acceptors (Lipinski definition) is 6. The minimum absolute atomic E-state index is 0.163. The summed E-state index contributed by atoms with van der Waals surface area (Å²) in [5.74, 6) is -0.649. The number of esters is 1. The number of ether oxygens (including phenoxy) is 2. The number of hydrogen-bond donors (Lipinski definition) is 0. The molecule has 0 aromatic heterocycles. The SMILES string of the molecule is CCOC(=O)CC(=O)CN1CCN(C(=O)OC(C)(C)C)CC1. The van der Waals surface area contributed by atoms with E-state index in [0.717, 1.165) is 0 Å². The van der Waals surface area contributed by atoms with Crippen molar-refractivity contribution in [3.8, 4) is 0 Å². The summed E-state index contributed by atoms with van der Waals surface area (Å²) in [4.78, 5) is 38.5. The van der Waals surface area contributed by atoms with Gasteiger partial charge in [-0.25, -0.2) is 4.79 Å². The molecule has 0 aromatic rings. The summed E-state index contributed by atoms with van der Waals surface area (Å²) in [6, 6.07) is 0. The minimum Gasteiger partial charge on any atom is -0.466 e. The summed E-state index contributed by atoms with van der Waals surface area (Å²) in [5.41, 5.74) is -0.510. The standard InChI is InChI=1S/C15H26N2O5/c1-5-21-13(19)10-12(18)11-16-6-8-17(9-7-16)14(20)22-15(2,3)4/h5-11H2,1-4H3. The number of carbonyl (C=O) groups is 3. The number of ketones is 1. The molecule has 0 saturated carbocycles. The first-order valence-electron chi connectivity index (χ1n) is 7.59. The van der Waals surface area contributed by atoms with Gasteiger partial charge in [0.25, 0.3) is 0 Å². The average Bonchev–Trinajstić information content (AvgIpc) is 2.37. The van der Waals surface area contributed by atoms with Crippen LogP contribution >= 0.6 is 0 Å². The topological polar surface area (TPSA) is 76.2 Å². The van der Waals surface area contributed by atoms with E-state index in [1.165, 1.54) is 0 Å². The smallest absolute Gasteiger partial charge is 0.410 e. The molecule has 1 saturated heterocycles. The Morgan fingerprint density at radius 3 is 2.14 bits per heavy atom. The Hall–Kier alpha value is -1.63. The van der Waals surface area contributed by atoms with Gasteiger partial charge in [-0.05, 0) is 27.7 Å². The van der Waals surface area contributed by atoms with Crippen molar-refractivity contribution in [2.75, 3.05) is 39.3 Å². The van der Waals surface area contributed by atoms with Crippen LogP contribution in [0.4, 0.5) is 4.79 Å². The third-order valence-corrected chi connectivity index (χ3v) is 3.07. The molecule has 0 unspecified atom stereocenters. The largest absolute Gasteiger partial charge is 0.466 e. The van der Waals surface area contributed by atoms with Gasteiger partial charge in [-0.2, -0.15) is 0 Å². The van der Waals surface area contributed by atoms with Crippen LogP contribution in [0.2, 0.25) is 0 Å². The zero-order chi connectivity index (χ0) is 16.8. The van der Waals surface area contributed by atoms with E-state index in [9.17, 15) is 14.4 Å². The number of carbonyl (C=O) groups excluding carboxylic acids is 3. The maximum Gasteiger partial charge on any atom is 0.410 e. The van der Waals surface area contributed by atoms with E-state index in [-0.39, 0.29) is 31.4 Å². The maximum atomic E-state index is 11.9. The van der Waals surface area contributed by atoms with Gasteiger partial charge >= 0.3 is 12.1 Å². The Kier molecular flexibility index (Phi) is 6.80. The number of Topliss-reactive ketones (excluding diaryl/α,β-unsaturated/α-hetero) is 1. The van der Waals surface area contributed by atoms with Crippen molar-refractivity contribution in [3.63, 3.8) is 0 Å². The summed E-state index contributed by atoms with van der Waals surface area (Å²) >= 11 is 0. The molecule has 0 radical (unpaired) electrons. The molecule has 1 aliphatic heterocycles. The summed E-state index contributed by atoms with van der Waals surface area (Å²) in [7, 11) is 0. The Morgan fingerprint density at radius 2 is 1.64 bits per heavy atom. The van der Waals surface area contributed by atoms with Gasteiger partial charge in [0.05, 0.1) is 13.2 Å². The van der Waals surface area contributed by atoms with Crippen LogP contribution in [0, 0.1) is 0 Å². The minimum atomic E-state index is -0.510. The van der Waals surface area contributed by atoms with Gasteiger partial charge in [0, 0.05) is 26.2 Å². The molecule has 0 N–H and O–H groups in total. The fourth-order valence-corrected chi connectivity index (χ4v) is 2.09. The molecule has 0 aromatic carbocycles. The lowest BCUT2D eigenvalue weighted by Gasteiger charge is -2.35. The fraction of sp³-hybridized carbons (Fsp3) is 0.800. The molecule has 22 heavy (non-hydrogen) atoms. The van der Waals surface area contributed by atoms with Crippen LogP contribution in [0.5, 0.6) is 0 Å². The van der Waals surface area contributed by atoms with Crippen molar-refractivity contribution < 1.29 is 23.9 Å². The van der Waals surface area contributed by atoms with Gasteiger partial charge in [-0.1, -0.05) is 0 Å². The molecule has 7 nitrogen and oxygen atoms in total. The van der Waals surface area contributed by atoms with Crippen LogP contribution in [0.25, 0.3) is 0 Å². The van der Waals surface area contributed by atoms with Gasteiger partial charge in [0.15, 0.2) is 5.78 Å². The normalized spacial score (nSPS) is 16.3. The number of piperazine rings is 1. The second kappa shape index (κ2) is 8.12. The van der Waals surface area contributed by atoms with Gasteiger partial charge in [0.1, 0.15) is 12.0 Å². The Morgan fingerprint density at radius 1 is 1.05 bits per heavy atom. The van der Waals surface area contributed by atoms with Crippen LogP contribution in [-0.2, 0) is 19.1 Å². The molecule has 126 valence electrons. The Labute approximate surface area is 131 Å². The molecular weight excluding hydrogens is 288 g/mol. The molecule has 0 bridgehead atoms. The monoisotopic (exact) mass is 314 g/mol. The van der Waals surface area contributed by atoms with Gasteiger partial charge in [0.2, 0.25) is 0 Å². The van der Waals surface area contributed by atoms with E-state index in [4.69, 9.17) is 9.47 Å². The number of rotatable bonds is 5. The van der Waals surface area contributed by atoms with Crippen molar-refractivity contribution in [2.24, 2.45) is 0 Å². The van der Waals surface area contributed by atoms with Gasteiger partial charge < -0.3 is 14.4 Å². The highest BCUT2D eigenvalue weighted by atomic mass is 16.6. The van der Waals surface area contributed by atoms with E-state index in [1.54, 1.807) is 11.8 Å². The lowest BCUT2D eigenvalue weighted by atomic mass is 10.2. The first kappa shape index (κ1) is 18.4. The van der Waals surface area contributed by atoms with Crippen molar-refractivity contribution in [3.05, 3.63) is 0 Å². The molecule has 7 heteroatoms. The lowest BCUT2D eigenvalue weighted by Crippen LogP contribution is -2.51. The van der Waals surface area contributed by atoms with E-state index >= 15 is 0 Å². The Bertz CT molecular complexity index is 409. The van der Waals surface area contributed by atoms with Crippen LogP contribution in [0.3, 0.4) is 0 Å². The second-order valence-corrected chi connectivity index (χ2v) is 6.26. The lowest BCUT2D eigenvalue weighted by molar-refractivity contribution is -0.145. The van der Waals surface area contributed by atoms with Crippen LogP contribution in [0.1, 0.15) is 34.1 Å². The van der Waals surface area contributed by atoms with E-state index in [2.05, 4.69) is 0 Å². The molecule has 1 fully saturated rings. The van der Waals surface area contributed by atoms with E-state index in [1.807, 2.05) is 25.7 Å². The molecule has 1 amide bonds. The molecule has 0 atom stereocenters. The molecular formula is C15H26N2O5. The highest BCUT2D eigenvalue weighted by Gasteiger charge is 2.26. The number of nitrogens with zero attached hydrogens (tertiary/aromatic N) is 2. The molecule has 0 aliphatic carbocycles. The highest BCUT2D eigenvalue weighted by Crippen LogP contribution is 2.11. The predicted molar refractivity (Wildman–Crippen MR) is 80.5 cm³/mol. The van der Waals surface area contributed by atoms with Gasteiger partial charge in [-0.3, -0.25) is 14.5 Å². The van der Waals surface area contributed by atoms with Crippen LogP contribution < -0.4 is 0 Å². The molecule has 1 heterocycles. The average molecular weight is 314 g/mol. The number of amides is 1. The zero-order valence-electron chi connectivity index (χ0n) is 13.9. The zero-order valence-corrected chi connectivity index (χ0v) is 13.9. The van der Waals surface area contributed by atoms with E-state index in [0.29, 0.717) is 26.2 Å². The van der Waals surface area contributed by atoms with Crippen molar-refractivity contribution in [1.29, 1.82) is 0 Å². The third-order valence-electron chi connectivity index (χ3n) is 3.07. The Balaban J connectivity index is 2.32. The summed E-state index contributed by atoms with van der Waals surface area (Å²) in [5, 5.41) is 0. The quantitative estimate of drug-likeness (QED) is 0.558. The third kappa shape index (κ3) is 6.89. The van der Waals surface area contributed by atoms with Crippen LogP contribution in [0.15, 0.2) is 0 Å². The first-order valence-corrected chi connectivity index (χ1v) is 7.59. The fourth-order valence-electron chi connectivity index (χ4n) is 2.09. The highest BCUT2D eigenvalue weighted by molar-refractivity contribution is 5.96. The molecule has 0 spiro atoms. The predicted octanol–water partition coefficient (Wildman–Crippen LogP) is 1.06. The maximum absolute atomic E-state index is 11.9. The second-order valence-electron chi connectivity index (χ2n) is 6.26. The summed E-state index contributed by atoms with van der Waals surface area (Å²) in [6.45, 7) is 9.89. The van der Waals surface area contributed by atoms with Gasteiger partial charge in [-0.15, -0.1) is 0 Å². The summed E-state index contributed by atoms with van der Waals surface area (Å²) in [6.07, 6.45) is -0.523. The van der Waals surface area contributed by atoms with Crippen molar-refractivity contribution >= 4 is 17.8 Å². The van der Waals surface area contributed by atoms with Crippen molar-refractivity contribution in [1.82, 2.24) is 9.80 Å². The first-order chi connectivity index (χ1) is 10.2. The van der Waals surface area contributed by atoms with Crippen LogP contribution in [-0.4, -0.2) is 72.6 Å². The summed E-state index contributed by atoms with van der Waals surface area (Å²) < 4.78 is 10.1.